The maximum Gasteiger partial charge on any atom is 0.299 e. The summed E-state index contributed by atoms with van der Waals surface area (Å²) in [6.07, 6.45) is 0. The molecular formula is C21H25ClN4O5Si. The van der Waals surface area contributed by atoms with Crippen LogP contribution in [0.5, 0.6) is 6.01 Å². The highest BCUT2D eigenvalue weighted by atomic mass is 35.5. The van der Waals surface area contributed by atoms with Gasteiger partial charge in [0.1, 0.15) is 6.73 Å². The molecule has 11 heteroatoms. The predicted molar refractivity (Wildman–Crippen MR) is 126 cm³/mol. The minimum atomic E-state index is -1.27. The minimum absolute atomic E-state index is 0.0622. The van der Waals surface area contributed by atoms with E-state index >= 15 is 0 Å². The van der Waals surface area contributed by atoms with Gasteiger partial charge in [-0.3, -0.25) is 19.5 Å². The number of rotatable bonds is 10. The van der Waals surface area contributed by atoms with Crippen molar-refractivity contribution in [3.8, 4) is 6.01 Å². The summed E-state index contributed by atoms with van der Waals surface area (Å²) in [5.74, 6) is -0.378. The van der Waals surface area contributed by atoms with Crippen molar-refractivity contribution >= 4 is 48.0 Å². The van der Waals surface area contributed by atoms with Gasteiger partial charge in [0.25, 0.3) is 17.6 Å². The third-order valence-corrected chi connectivity index (χ3v) is 6.54. The molecule has 0 bridgehead atoms. The lowest BCUT2D eigenvalue weighted by Crippen LogP contribution is -2.23. The number of nitro benzene ring substituents is 1. The summed E-state index contributed by atoms with van der Waals surface area (Å²) in [6.45, 7) is 7.13. The summed E-state index contributed by atoms with van der Waals surface area (Å²) in [5.41, 5.74) is 1.53. The number of hydrogen-bond donors (Lipinski definition) is 1. The number of halogens is 1. The molecule has 1 aromatic heterocycles. The average Bonchev–Trinajstić information content (AvgIpc) is 3.07. The smallest absolute Gasteiger partial charge is 0.299 e. The van der Waals surface area contributed by atoms with Crippen molar-refractivity contribution in [1.82, 2.24) is 9.55 Å². The Hall–Kier alpha value is -2.95. The van der Waals surface area contributed by atoms with Crippen molar-refractivity contribution in [1.29, 1.82) is 0 Å². The summed E-state index contributed by atoms with van der Waals surface area (Å²) in [6, 6.07) is 12.2. The highest BCUT2D eigenvalue weighted by Crippen LogP contribution is 2.26. The number of nitrogens with zero attached hydrogens (tertiary/aromatic N) is 3. The molecule has 1 heterocycles. The molecule has 0 aliphatic rings. The van der Waals surface area contributed by atoms with Crippen LogP contribution in [0, 0.1) is 10.1 Å². The second-order valence-electron chi connectivity index (χ2n) is 8.44. The molecule has 0 atom stereocenters. The number of carbonyl (C=O) groups is 1. The Kier molecular flexibility index (Phi) is 7.49. The molecule has 1 amide bonds. The molecular weight excluding hydrogens is 452 g/mol. The first-order chi connectivity index (χ1) is 15.1. The SMILES string of the molecule is C[Si](C)(C)CCOCn1c(OCC(=O)Nc2ccc(Cl)cc2)nc2ccc([N+](=O)[O-])cc21. The Morgan fingerprint density at radius 1 is 1.22 bits per heavy atom. The molecule has 1 N–H and O–H groups in total. The molecule has 0 saturated carbocycles. The number of amides is 1. The van der Waals surface area contributed by atoms with Crippen LogP contribution in [0.15, 0.2) is 42.5 Å². The second kappa shape index (κ2) is 10.1. The van der Waals surface area contributed by atoms with Crippen LogP contribution < -0.4 is 10.1 Å². The average molecular weight is 477 g/mol. The van der Waals surface area contributed by atoms with E-state index in [2.05, 4.69) is 29.9 Å². The monoisotopic (exact) mass is 476 g/mol. The van der Waals surface area contributed by atoms with Gasteiger partial charge in [0.2, 0.25) is 0 Å². The molecule has 0 spiro atoms. The van der Waals surface area contributed by atoms with Gasteiger partial charge in [0, 0.05) is 37.5 Å². The van der Waals surface area contributed by atoms with Gasteiger partial charge in [-0.05, 0) is 36.4 Å². The summed E-state index contributed by atoms with van der Waals surface area (Å²) in [5, 5.41) is 14.5. The van der Waals surface area contributed by atoms with E-state index in [1.807, 2.05) is 0 Å². The van der Waals surface area contributed by atoms with E-state index in [1.165, 1.54) is 12.1 Å². The van der Waals surface area contributed by atoms with Gasteiger partial charge in [-0.15, -0.1) is 0 Å². The van der Waals surface area contributed by atoms with Crippen molar-refractivity contribution < 1.29 is 19.2 Å². The van der Waals surface area contributed by atoms with Gasteiger partial charge in [-0.1, -0.05) is 31.2 Å². The molecule has 32 heavy (non-hydrogen) atoms. The van der Waals surface area contributed by atoms with Gasteiger partial charge in [0.05, 0.1) is 16.0 Å². The molecule has 0 saturated heterocycles. The van der Waals surface area contributed by atoms with Crippen molar-refractivity contribution in [3.63, 3.8) is 0 Å². The molecule has 0 unspecified atom stereocenters. The first-order valence-electron chi connectivity index (χ1n) is 10.0. The van der Waals surface area contributed by atoms with Crippen LogP contribution in [0.25, 0.3) is 11.0 Å². The molecule has 0 fully saturated rings. The maximum absolute atomic E-state index is 12.3. The number of non-ortho nitro benzene ring substituents is 1. The first kappa shape index (κ1) is 23.7. The Balaban J connectivity index is 1.75. The molecule has 9 nitrogen and oxygen atoms in total. The maximum atomic E-state index is 12.3. The van der Waals surface area contributed by atoms with Crippen molar-refractivity contribution in [2.24, 2.45) is 0 Å². The third kappa shape index (κ3) is 6.52. The van der Waals surface area contributed by atoms with Crippen molar-refractivity contribution in [3.05, 3.63) is 57.6 Å². The fourth-order valence-corrected chi connectivity index (χ4v) is 3.71. The number of aromatic nitrogens is 2. The van der Waals surface area contributed by atoms with Gasteiger partial charge in [-0.2, -0.15) is 4.98 Å². The van der Waals surface area contributed by atoms with Crippen molar-refractivity contribution in [2.45, 2.75) is 32.4 Å². The fraction of sp³-hybridized carbons (Fsp3) is 0.333. The van der Waals surface area contributed by atoms with E-state index in [0.29, 0.717) is 28.4 Å². The van der Waals surface area contributed by atoms with Crippen LogP contribution in [0.3, 0.4) is 0 Å². The quantitative estimate of drug-likeness (QED) is 0.192. The zero-order valence-corrected chi connectivity index (χ0v) is 19.9. The van der Waals surface area contributed by atoms with E-state index in [-0.39, 0.29) is 30.9 Å². The Morgan fingerprint density at radius 2 is 1.94 bits per heavy atom. The lowest BCUT2D eigenvalue weighted by Gasteiger charge is -2.16. The third-order valence-electron chi connectivity index (χ3n) is 4.58. The van der Waals surface area contributed by atoms with Crippen LogP contribution >= 0.6 is 11.6 Å². The topological polar surface area (TPSA) is 109 Å². The van der Waals surface area contributed by atoms with E-state index in [1.54, 1.807) is 34.9 Å². The van der Waals surface area contributed by atoms with E-state index in [0.717, 1.165) is 6.04 Å². The normalized spacial score (nSPS) is 11.5. The largest absolute Gasteiger partial charge is 0.454 e. The summed E-state index contributed by atoms with van der Waals surface area (Å²) in [4.78, 5) is 27.4. The summed E-state index contributed by atoms with van der Waals surface area (Å²) in [7, 11) is -1.27. The molecule has 3 rings (SSSR count). The number of ether oxygens (including phenoxy) is 2. The number of fused-ring (bicyclic) bond motifs is 1. The van der Waals surface area contributed by atoms with Crippen LogP contribution in [0.4, 0.5) is 11.4 Å². The lowest BCUT2D eigenvalue weighted by atomic mass is 10.3. The minimum Gasteiger partial charge on any atom is -0.454 e. The number of carbonyl (C=O) groups excluding carboxylic acids is 1. The standard InChI is InChI=1S/C21H25ClN4O5Si/c1-32(2,3)11-10-30-14-25-19-12-17(26(28)29)8-9-18(19)24-21(25)31-13-20(27)23-16-6-4-15(22)5-7-16/h4-9,12H,10-11,13-14H2,1-3H3,(H,23,27). The van der Waals surface area contributed by atoms with Crippen LogP contribution in [-0.2, 0) is 16.3 Å². The zero-order valence-electron chi connectivity index (χ0n) is 18.1. The van der Waals surface area contributed by atoms with Crippen LogP contribution in [-0.4, -0.2) is 41.7 Å². The summed E-state index contributed by atoms with van der Waals surface area (Å²) >= 11 is 5.85. The second-order valence-corrected chi connectivity index (χ2v) is 14.5. The molecule has 2 aromatic carbocycles. The predicted octanol–water partition coefficient (Wildman–Crippen LogP) is 4.93. The molecule has 0 aliphatic carbocycles. The Morgan fingerprint density at radius 3 is 2.59 bits per heavy atom. The highest BCUT2D eigenvalue weighted by molar-refractivity contribution is 6.76. The van der Waals surface area contributed by atoms with E-state index in [4.69, 9.17) is 21.1 Å². The lowest BCUT2D eigenvalue weighted by molar-refractivity contribution is -0.384. The number of hydrogen-bond acceptors (Lipinski definition) is 6. The highest BCUT2D eigenvalue weighted by Gasteiger charge is 2.18. The van der Waals surface area contributed by atoms with Crippen molar-refractivity contribution in [2.75, 3.05) is 18.5 Å². The van der Waals surface area contributed by atoms with E-state index in [9.17, 15) is 14.9 Å². The van der Waals surface area contributed by atoms with E-state index < -0.39 is 13.0 Å². The van der Waals surface area contributed by atoms with Gasteiger partial charge >= 0.3 is 0 Å². The van der Waals surface area contributed by atoms with Gasteiger partial charge in [0.15, 0.2) is 6.61 Å². The number of nitro groups is 1. The van der Waals surface area contributed by atoms with Crippen LogP contribution in [0.2, 0.25) is 30.7 Å². The molecule has 0 aliphatic heterocycles. The number of imidazole rings is 1. The zero-order chi connectivity index (χ0) is 23.3. The van der Waals surface area contributed by atoms with Gasteiger partial charge < -0.3 is 14.8 Å². The number of anilines is 1. The number of nitrogens with one attached hydrogen (secondary N) is 1. The Bertz CT molecular complexity index is 1110. The van der Waals surface area contributed by atoms with Gasteiger partial charge in [-0.25, -0.2) is 0 Å². The molecule has 3 aromatic rings. The molecule has 0 radical (unpaired) electrons. The molecule has 170 valence electrons. The van der Waals surface area contributed by atoms with Crippen LogP contribution in [0.1, 0.15) is 0 Å². The first-order valence-corrected chi connectivity index (χ1v) is 14.1. The Labute approximate surface area is 191 Å². The number of benzene rings is 2. The summed E-state index contributed by atoms with van der Waals surface area (Å²) < 4.78 is 13.1. The fourth-order valence-electron chi connectivity index (χ4n) is 2.83.